The van der Waals surface area contributed by atoms with Crippen LogP contribution in [-0.4, -0.2) is 14.7 Å². The topological polar surface area (TPSA) is 61.0 Å². The van der Waals surface area contributed by atoms with Crippen molar-refractivity contribution in [3.05, 3.63) is 64.6 Å². The number of nitrogens with zero attached hydrogens (tertiary/aromatic N) is 3. The van der Waals surface area contributed by atoms with Crippen LogP contribution >= 0.6 is 0 Å². The number of rotatable bonds is 3. The Kier molecular flexibility index (Phi) is 2.77. The van der Waals surface area contributed by atoms with Crippen molar-refractivity contribution in [2.24, 2.45) is 0 Å². The second-order valence-corrected chi connectivity index (χ2v) is 3.12. The van der Waals surface area contributed by atoms with Crippen LogP contribution in [0.2, 0.25) is 0 Å². The Morgan fingerprint density at radius 1 is 1.25 bits per heavy atom. The van der Waals surface area contributed by atoms with Crippen LogP contribution in [0.1, 0.15) is 5.69 Å². The lowest BCUT2D eigenvalue weighted by molar-refractivity contribution is -0.401. The van der Waals surface area contributed by atoms with E-state index in [9.17, 15) is 10.1 Å². The summed E-state index contributed by atoms with van der Waals surface area (Å²) in [5.41, 5.74) is 1.48. The number of hydrogen-bond donors (Lipinski definition) is 0. The van der Waals surface area contributed by atoms with E-state index in [0.29, 0.717) is 5.69 Å². The Morgan fingerprint density at radius 3 is 2.69 bits per heavy atom. The second kappa shape index (κ2) is 4.39. The smallest absolute Gasteiger partial charge is 0.236 e. The zero-order chi connectivity index (χ0) is 11.4. The highest BCUT2D eigenvalue weighted by Gasteiger charge is 1.98. The van der Waals surface area contributed by atoms with Crippen molar-refractivity contribution in [2.45, 2.75) is 0 Å². The van der Waals surface area contributed by atoms with Gasteiger partial charge >= 0.3 is 0 Å². The van der Waals surface area contributed by atoms with Crippen LogP contribution < -0.4 is 0 Å². The summed E-state index contributed by atoms with van der Waals surface area (Å²) in [6, 6.07) is 11.3. The summed E-state index contributed by atoms with van der Waals surface area (Å²) >= 11 is 0. The normalized spacial score (nSPS) is 10.8. The maximum absolute atomic E-state index is 10.1. The molecule has 0 fully saturated rings. The molecule has 0 amide bonds. The first-order chi connectivity index (χ1) is 7.75. The summed E-state index contributed by atoms with van der Waals surface area (Å²) in [5, 5.41) is 14.3. The molecule has 0 unspecified atom stereocenters. The number of hydrogen-bond acceptors (Lipinski definition) is 3. The summed E-state index contributed by atoms with van der Waals surface area (Å²) in [5.74, 6) is 0. The molecule has 0 aliphatic carbocycles. The van der Waals surface area contributed by atoms with Gasteiger partial charge in [0.1, 0.15) is 0 Å². The minimum Gasteiger partial charge on any atom is -0.259 e. The third-order valence-electron chi connectivity index (χ3n) is 2.00. The van der Waals surface area contributed by atoms with Crippen molar-refractivity contribution < 1.29 is 4.92 Å². The van der Waals surface area contributed by atoms with E-state index in [1.807, 2.05) is 30.3 Å². The van der Waals surface area contributed by atoms with Gasteiger partial charge in [-0.2, -0.15) is 5.10 Å². The van der Waals surface area contributed by atoms with Crippen LogP contribution in [0.15, 0.2) is 48.8 Å². The van der Waals surface area contributed by atoms with Crippen molar-refractivity contribution in [3.8, 4) is 5.69 Å². The molecule has 0 saturated carbocycles. The van der Waals surface area contributed by atoms with Gasteiger partial charge in [-0.25, -0.2) is 4.68 Å². The van der Waals surface area contributed by atoms with Gasteiger partial charge in [0, 0.05) is 12.3 Å². The lowest BCUT2D eigenvalue weighted by atomic mass is 10.3. The summed E-state index contributed by atoms with van der Waals surface area (Å²) in [4.78, 5) is 9.62. The standard InChI is InChI=1S/C11H9N3O2/c15-14(16)9-7-10-6-8-13(12-10)11-4-2-1-3-5-11/h1-9H. The predicted octanol–water partition coefficient (Wildman–Crippen LogP) is 2.12. The lowest BCUT2D eigenvalue weighted by Gasteiger charge is -1.98. The number of benzene rings is 1. The number of nitro groups is 1. The van der Waals surface area contributed by atoms with Gasteiger partial charge < -0.3 is 0 Å². The maximum atomic E-state index is 10.1. The molecule has 1 aromatic heterocycles. The first-order valence-corrected chi connectivity index (χ1v) is 4.68. The van der Waals surface area contributed by atoms with Gasteiger partial charge in [0.2, 0.25) is 6.20 Å². The molecule has 0 atom stereocenters. The number of aromatic nitrogens is 2. The molecule has 1 aromatic carbocycles. The van der Waals surface area contributed by atoms with Crippen LogP contribution in [0.5, 0.6) is 0 Å². The van der Waals surface area contributed by atoms with Crippen LogP contribution in [-0.2, 0) is 0 Å². The Bertz CT molecular complexity index is 517. The van der Waals surface area contributed by atoms with E-state index < -0.39 is 4.92 Å². The molecule has 0 spiro atoms. The molecule has 0 radical (unpaired) electrons. The van der Waals surface area contributed by atoms with E-state index in [-0.39, 0.29) is 0 Å². The molecule has 80 valence electrons. The SMILES string of the molecule is O=[N+]([O-])C=Cc1ccn(-c2ccccc2)n1. The fourth-order valence-electron chi connectivity index (χ4n) is 1.29. The highest BCUT2D eigenvalue weighted by Crippen LogP contribution is 2.07. The molecule has 5 nitrogen and oxygen atoms in total. The third-order valence-corrected chi connectivity index (χ3v) is 2.00. The molecular formula is C11H9N3O2. The molecule has 1 heterocycles. The van der Waals surface area contributed by atoms with Crippen LogP contribution in [0, 0.1) is 10.1 Å². The van der Waals surface area contributed by atoms with Crippen molar-refractivity contribution in [2.75, 3.05) is 0 Å². The summed E-state index contributed by atoms with van der Waals surface area (Å²) in [7, 11) is 0. The van der Waals surface area contributed by atoms with Crippen molar-refractivity contribution in [3.63, 3.8) is 0 Å². The Morgan fingerprint density at radius 2 is 2.00 bits per heavy atom. The molecule has 0 aliphatic rings. The molecule has 0 aliphatic heterocycles. The van der Waals surface area contributed by atoms with Gasteiger partial charge in [0.25, 0.3) is 0 Å². The van der Waals surface area contributed by atoms with E-state index in [1.165, 1.54) is 6.08 Å². The van der Waals surface area contributed by atoms with Crippen LogP contribution in [0.3, 0.4) is 0 Å². The highest BCUT2D eigenvalue weighted by atomic mass is 16.6. The zero-order valence-electron chi connectivity index (χ0n) is 8.35. The number of para-hydroxylation sites is 1. The van der Waals surface area contributed by atoms with Crippen LogP contribution in [0.4, 0.5) is 0 Å². The average molecular weight is 215 g/mol. The van der Waals surface area contributed by atoms with Gasteiger partial charge in [-0.15, -0.1) is 0 Å². The second-order valence-electron chi connectivity index (χ2n) is 3.12. The fourth-order valence-corrected chi connectivity index (χ4v) is 1.29. The lowest BCUT2D eigenvalue weighted by Crippen LogP contribution is -1.94. The minimum atomic E-state index is -0.512. The predicted molar refractivity (Wildman–Crippen MR) is 59.6 cm³/mol. The summed E-state index contributed by atoms with van der Waals surface area (Å²) in [6.07, 6.45) is 3.99. The molecule has 0 saturated heterocycles. The van der Waals surface area contributed by atoms with Gasteiger partial charge in [-0.05, 0) is 18.2 Å². The zero-order valence-corrected chi connectivity index (χ0v) is 8.35. The van der Waals surface area contributed by atoms with E-state index >= 15 is 0 Å². The first-order valence-electron chi connectivity index (χ1n) is 4.68. The average Bonchev–Trinajstić information content (AvgIpc) is 2.76. The molecular weight excluding hydrogens is 206 g/mol. The molecule has 2 rings (SSSR count). The van der Waals surface area contributed by atoms with E-state index in [1.54, 1.807) is 16.9 Å². The minimum absolute atomic E-state index is 0.512. The summed E-state index contributed by atoms with van der Waals surface area (Å²) in [6.45, 7) is 0. The molecule has 5 heteroatoms. The fraction of sp³-hybridized carbons (Fsp3) is 0. The Labute approximate surface area is 91.8 Å². The van der Waals surface area contributed by atoms with Crippen molar-refractivity contribution >= 4 is 6.08 Å². The third kappa shape index (κ3) is 2.33. The Balaban J connectivity index is 2.23. The van der Waals surface area contributed by atoms with E-state index in [2.05, 4.69) is 5.10 Å². The highest BCUT2D eigenvalue weighted by molar-refractivity contribution is 5.43. The maximum Gasteiger partial charge on any atom is 0.236 e. The Hall–Kier alpha value is -2.43. The van der Waals surface area contributed by atoms with Gasteiger partial charge in [0.05, 0.1) is 16.3 Å². The summed E-state index contributed by atoms with van der Waals surface area (Å²) < 4.78 is 1.67. The van der Waals surface area contributed by atoms with E-state index in [4.69, 9.17) is 0 Å². The van der Waals surface area contributed by atoms with Crippen molar-refractivity contribution in [1.29, 1.82) is 0 Å². The van der Waals surface area contributed by atoms with Crippen molar-refractivity contribution in [1.82, 2.24) is 9.78 Å². The van der Waals surface area contributed by atoms with Gasteiger partial charge in [-0.1, -0.05) is 18.2 Å². The molecule has 16 heavy (non-hydrogen) atoms. The molecule has 2 aromatic rings. The monoisotopic (exact) mass is 215 g/mol. The largest absolute Gasteiger partial charge is 0.259 e. The molecule has 0 N–H and O–H groups in total. The molecule has 0 bridgehead atoms. The first kappa shape index (κ1) is 10.1. The van der Waals surface area contributed by atoms with Gasteiger partial charge in [-0.3, -0.25) is 10.1 Å². The quantitative estimate of drug-likeness (QED) is 0.582. The van der Waals surface area contributed by atoms with Gasteiger partial charge in [0.15, 0.2) is 0 Å². The van der Waals surface area contributed by atoms with Crippen LogP contribution in [0.25, 0.3) is 11.8 Å². The van der Waals surface area contributed by atoms with E-state index in [0.717, 1.165) is 11.9 Å².